The van der Waals surface area contributed by atoms with E-state index in [-0.39, 0.29) is 5.91 Å². The van der Waals surface area contributed by atoms with Gasteiger partial charge in [-0.1, -0.05) is 5.16 Å². The maximum atomic E-state index is 12.0. The average Bonchev–Trinajstić information content (AvgIpc) is 3.21. The molecule has 0 radical (unpaired) electrons. The summed E-state index contributed by atoms with van der Waals surface area (Å²) in [4.78, 5) is 18.3. The summed E-state index contributed by atoms with van der Waals surface area (Å²) in [5.74, 6) is 1.12. The first-order valence-electron chi connectivity index (χ1n) is 7.50. The normalized spacial score (nSPS) is 18.7. The van der Waals surface area contributed by atoms with Crippen molar-refractivity contribution in [3.05, 3.63) is 24.5 Å². The molecule has 8 nitrogen and oxygen atoms in total. The molecule has 22 heavy (non-hydrogen) atoms. The number of hydrogen-bond donors (Lipinski definition) is 1. The molecule has 1 N–H and O–H groups in total. The summed E-state index contributed by atoms with van der Waals surface area (Å²) in [7, 11) is 0. The van der Waals surface area contributed by atoms with Crippen molar-refractivity contribution in [2.45, 2.75) is 38.8 Å². The number of carbonyl (C=O) groups is 1. The highest BCUT2D eigenvalue weighted by molar-refractivity contribution is 5.89. The number of anilines is 1. The van der Waals surface area contributed by atoms with Crippen molar-refractivity contribution in [3.63, 3.8) is 0 Å². The van der Waals surface area contributed by atoms with Gasteiger partial charge in [0.25, 0.3) is 0 Å². The lowest BCUT2D eigenvalue weighted by atomic mass is 10.2. The summed E-state index contributed by atoms with van der Waals surface area (Å²) in [6.07, 6.45) is 6.01. The lowest BCUT2D eigenvalue weighted by molar-refractivity contribution is -0.116. The van der Waals surface area contributed by atoms with Crippen LogP contribution in [0.5, 0.6) is 0 Å². The second-order valence-corrected chi connectivity index (χ2v) is 5.57. The minimum atomic E-state index is -0.0419. The second-order valence-electron chi connectivity index (χ2n) is 5.57. The predicted octanol–water partition coefficient (Wildman–Crippen LogP) is 1.07. The standard InChI is InChI=1S/C14H20N6O2/c1-11-7-13(18-22-11)17-14(21)4-6-19-5-2-3-12(19)8-20-10-15-9-16-20/h7,9-10,12H,2-6,8H2,1H3,(H,17,18,21)/t12-/m0/s1. The summed E-state index contributed by atoms with van der Waals surface area (Å²) in [5, 5.41) is 10.7. The summed E-state index contributed by atoms with van der Waals surface area (Å²) in [6, 6.07) is 2.13. The van der Waals surface area contributed by atoms with Crippen molar-refractivity contribution in [2.75, 3.05) is 18.4 Å². The van der Waals surface area contributed by atoms with Gasteiger partial charge in [0.15, 0.2) is 5.82 Å². The Kier molecular flexibility index (Phi) is 4.47. The molecule has 1 atom stereocenters. The van der Waals surface area contributed by atoms with Crippen LogP contribution in [0.2, 0.25) is 0 Å². The van der Waals surface area contributed by atoms with E-state index >= 15 is 0 Å². The van der Waals surface area contributed by atoms with Gasteiger partial charge in [0.1, 0.15) is 18.4 Å². The Labute approximate surface area is 128 Å². The molecule has 0 bridgehead atoms. The van der Waals surface area contributed by atoms with Crippen molar-refractivity contribution in [2.24, 2.45) is 0 Å². The molecule has 1 aliphatic rings. The molecule has 0 aromatic carbocycles. The SMILES string of the molecule is Cc1cc(NC(=O)CCN2CCC[C@H]2Cn2cncn2)no1. The summed E-state index contributed by atoms with van der Waals surface area (Å²) in [5.41, 5.74) is 0. The molecule has 0 aliphatic carbocycles. The fourth-order valence-corrected chi connectivity index (χ4v) is 2.82. The summed E-state index contributed by atoms with van der Waals surface area (Å²) >= 11 is 0. The molecule has 0 unspecified atom stereocenters. The first kappa shape index (κ1) is 14.7. The van der Waals surface area contributed by atoms with Crippen LogP contribution in [-0.4, -0.2) is 49.9 Å². The lowest BCUT2D eigenvalue weighted by Crippen LogP contribution is -2.35. The zero-order chi connectivity index (χ0) is 15.4. The Morgan fingerprint density at radius 3 is 3.18 bits per heavy atom. The van der Waals surface area contributed by atoms with Crippen molar-refractivity contribution in [1.29, 1.82) is 0 Å². The van der Waals surface area contributed by atoms with E-state index in [1.807, 2.05) is 4.68 Å². The smallest absolute Gasteiger partial charge is 0.226 e. The van der Waals surface area contributed by atoms with Gasteiger partial charge in [0, 0.05) is 25.1 Å². The maximum absolute atomic E-state index is 12.0. The molecule has 3 heterocycles. The van der Waals surface area contributed by atoms with Crippen molar-refractivity contribution < 1.29 is 9.32 Å². The van der Waals surface area contributed by atoms with E-state index in [4.69, 9.17) is 4.52 Å². The van der Waals surface area contributed by atoms with Crippen LogP contribution in [-0.2, 0) is 11.3 Å². The lowest BCUT2D eigenvalue weighted by Gasteiger charge is -2.23. The maximum Gasteiger partial charge on any atom is 0.226 e. The molecule has 0 saturated carbocycles. The molecule has 2 aromatic heterocycles. The fraction of sp³-hybridized carbons (Fsp3) is 0.571. The Balaban J connectivity index is 1.46. The van der Waals surface area contributed by atoms with Crippen LogP contribution in [0.15, 0.2) is 23.2 Å². The number of rotatable bonds is 6. The minimum Gasteiger partial charge on any atom is -0.360 e. The molecular formula is C14H20N6O2. The number of aryl methyl sites for hydroxylation is 1. The predicted molar refractivity (Wildman–Crippen MR) is 79.1 cm³/mol. The highest BCUT2D eigenvalue weighted by Crippen LogP contribution is 2.19. The number of nitrogens with one attached hydrogen (secondary N) is 1. The van der Waals surface area contributed by atoms with E-state index in [0.717, 1.165) is 32.5 Å². The Morgan fingerprint density at radius 1 is 1.55 bits per heavy atom. The number of nitrogens with zero attached hydrogens (tertiary/aromatic N) is 5. The molecular weight excluding hydrogens is 284 g/mol. The van der Waals surface area contributed by atoms with Gasteiger partial charge in [-0.05, 0) is 26.3 Å². The highest BCUT2D eigenvalue weighted by atomic mass is 16.5. The van der Waals surface area contributed by atoms with Gasteiger partial charge in [-0.25, -0.2) is 4.98 Å². The van der Waals surface area contributed by atoms with Crippen molar-refractivity contribution in [3.8, 4) is 0 Å². The first-order valence-corrected chi connectivity index (χ1v) is 7.50. The number of aromatic nitrogens is 4. The molecule has 1 fully saturated rings. The van der Waals surface area contributed by atoms with Crippen LogP contribution >= 0.6 is 0 Å². The average molecular weight is 304 g/mol. The van der Waals surface area contributed by atoms with E-state index < -0.39 is 0 Å². The van der Waals surface area contributed by atoms with Crippen molar-refractivity contribution in [1.82, 2.24) is 24.8 Å². The van der Waals surface area contributed by atoms with Crippen LogP contribution < -0.4 is 5.32 Å². The van der Waals surface area contributed by atoms with Gasteiger partial charge < -0.3 is 9.84 Å². The van der Waals surface area contributed by atoms with Crippen molar-refractivity contribution >= 4 is 11.7 Å². The third-order valence-electron chi connectivity index (χ3n) is 3.88. The number of likely N-dealkylation sites (tertiary alicyclic amines) is 1. The van der Waals surface area contributed by atoms with Gasteiger partial charge >= 0.3 is 0 Å². The van der Waals surface area contributed by atoms with Gasteiger partial charge in [-0.3, -0.25) is 14.4 Å². The van der Waals surface area contributed by atoms with Gasteiger partial charge in [0.05, 0.1) is 6.54 Å². The first-order chi connectivity index (χ1) is 10.7. The van der Waals surface area contributed by atoms with Gasteiger partial charge in [0.2, 0.25) is 5.91 Å². The van der Waals surface area contributed by atoms with E-state index in [1.165, 1.54) is 0 Å². The zero-order valence-electron chi connectivity index (χ0n) is 12.6. The van der Waals surface area contributed by atoms with Crippen LogP contribution in [0.1, 0.15) is 25.0 Å². The molecule has 1 aliphatic heterocycles. The number of amides is 1. The number of carbonyl (C=O) groups excluding carboxylic acids is 1. The Hall–Kier alpha value is -2.22. The summed E-state index contributed by atoms with van der Waals surface area (Å²) < 4.78 is 6.78. The van der Waals surface area contributed by atoms with E-state index in [0.29, 0.717) is 24.0 Å². The molecule has 1 amide bonds. The van der Waals surface area contributed by atoms with Crippen LogP contribution in [0, 0.1) is 6.92 Å². The Bertz CT molecular complexity index is 609. The van der Waals surface area contributed by atoms with Gasteiger partial charge in [-0.2, -0.15) is 5.10 Å². The third-order valence-corrected chi connectivity index (χ3v) is 3.88. The minimum absolute atomic E-state index is 0.0419. The molecule has 8 heteroatoms. The van der Waals surface area contributed by atoms with Crippen LogP contribution in [0.25, 0.3) is 0 Å². The highest BCUT2D eigenvalue weighted by Gasteiger charge is 2.25. The van der Waals surface area contributed by atoms with Gasteiger partial charge in [-0.15, -0.1) is 0 Å². The fourth-order valence-electron chi connectivity index (χ4n) is 2.82. The monoisotopic (exact) mass is 304 g/mol. The third kappa shape index (κ3) is 3.70. The molecule has 2 aromatic rings. The van der Waals surface area contributed by atoms with Crippen LogP contribution in [0.4, 0.5) is 5.82 Å². The molecule has 3 rings (SSSR count). The summed E-state index contributed by atoms with van der Waals surface area (Å²) in [6.45, 7) is 4.38. The van der Waals surface area contributed by atoms with E-state index in [9.17, 15) is 4.79 Å². The topological polar surface area (TPSA) is 89.1 Å². The number of hydrogen-bond acceptors (Lipinski definition) is 6. The van der Waals surface area contributed by atoms with E-state index in [1.54, 1.807) is 25.6 Å². The molecule has 1 saturated heterocycles. The van der Waals surface area contributed by atoms with Crippen LogP contribution in [0.3, 0.4) is 0 Å². The quantitative estimate of drug-likeness (QED) is 0.858. The second kappa shape index (κ2) is 6.69. The van der Waals surface area contributed by atoms with E-state index in [2.05, 4.69) is 25.5 Å². The molecule has 0 spiro atoms. The largest absolute Gasteiger partial charge is 0.360 e. The Morgan fingerprint density at radius 2 is 2.45 bits per heavy atom. The zero-order valence-corrected chi connectivity index (χ0v) is 12.6. The molecule has 118 valence electrons.